The lowest BCUT2D eigenvalue weighted by Gasteiger charge is -2.11. The number of halogens is 1. The quantitative estimate of drug-likeness (QED) is 0.802. The van der Waals surface area contributed by atoms with Gasteiger partial charge in [0.25, 0.3) is 0 Å². The lowest BCUT2D eigenvalue weighted by atomic mass is 10.1. The number of thiophene rings is 1. The van der Waals surface area contributed by atoms with Crippen LogP contribution in [-0.4, -0.2) is 11.7 Å². The first-order valence-corrected chi connectivity index (χ1v) is 6.56. The number of aryl methyl sites for hydroxylation is 1. The van der Waals surface area contributed by atoms with Gasteiger partial charge in [-0.25, -0.2) is 0 Å². The summed E-state index contributed by atoms with van der Waals surface area (Å²) in [4.78, 5) is 2.63. The maximum absolute atomic E-state index is 9.94. The first-order chi connectivity index (χ1) is 8.25. The molecule has 0 saturated heterocycles. The summed E-state index contributed by atoms with van der Waals surface area (Å²) in [6.45, 7) is 3.51. The Morgan fingerprint density at radius 1 is 1.17 bits per heavy atom. The van der Waals surface area contributed by atoms with Gasteiger partial charge in [-0.3, -0.25) is 0 Å². The molecule has 2 N–H and O–H groups in total. The van der Waals surface area contributed by atoms with Crippen molar-refractivity contribution in [2.75, 3.05) is 6.54 Å². The van der Waals surface area contributed by atoms with E-state index in [4.69, 9.17) is 0 Å². The molecule has 2 rings (SSSR count). The Labute approximate surface area is 118 Å². The molecule has 0 amide bonds. The van der Waals surface area contributed by atoms with E-state index in [1.807, 2.05) is 30.3 Å². The predicted molar refractivity (Wildman–Crippen MR) is 72.2 cm³/mol. The second kappa shape index (κ2) is 7.54. The largest absolute Gasteiger partial charge is 1.00 e. The molecule has 0 saturated carbocycles. The van der Waals surface area contributed by atoms with Gasteiger partial charge in [-0.2, -0.15) is 0 Å². The average Bonchev–Trinajstić information content (AvgIpc) is 2.76. The molecule has 1 atom stereocenters. The van der Waals surface area contributed by atoms with Gasteiger partial charge in [-0.1, -0.05) is 30.3 Å². The maximum Gasteiger partial charge on any atom is 0.0914 e. The molecule has 2 nitrogen and oxygen atoms in total. The van der Waals surface area contributed by atoms with Crippen LogP contribution in [-0.2, 0) is 6.54 Å². The molecular weight excluding hydrogens is 266 g/mol. The van der Waals surface area contributed by atoms with Gasteiger partial charge in [0, 0.05) is 22.8 Å². The fourth-order valence-electron chi connectivity index (χ4n) is 1.71. The van der Waals surface area contributed by atoms with Crippen molar-refractivity contribution in [3.8, 4) is 0 Å². The van der Waals surface area contributed by atoms with Crippen LogP contribution in [0.2, 0.25) is 0 Å². The Morgan fingerprint density at radius 3 is 2.50 bits per heavy atom. The Kier molecular flexibility index (Phi) is 6.36. The van der Waals surface area contributed by atoms with Crippen molar-refractivity contribution in [1.82, 2.24) is 5.32 Å². The zero-order chi connectivity index (χ0) is 12.1. The molecule has 2 aromatic rings. The molecule has 1 heterocycles. The van der Waals surface area contributed by atoms with Crippen LogP contribution in [0.3, 0.4) is 0 Å². The molecule has 0 aliphatic carbocycles. The lowest BCUT2D eigenvalue weighted by Crippen LogP contribution is -3.00. The summed E-state index contributed by atoms with van der Waals surface area (Å²) >= 11 is 1.79. The first-order valence-electron chi connectivity index (χ1n) is 5.75. The smallest absolute Gasteiger partial charge is 0.0914 e. The van der Waals surface area contributed by atoms with E-state index in [1.165, 1.54) is 9.75 Å². The number of aliphatic hydroxyl groups is 1. The first kappa shape index (κ1) is 15.2. The average molecular weight is 283 g/mol. The molecule has 0 bridgehead atoms. The van der Waals surface area contributed by atoms with E-state index in [0.29, 0.717) is 6.54 Å². The van der Waals surface area contributed by atoms with Gasteiger partial charge >= 0.3 is 0 Å². The molecule has 4 heteroatoms. The number of hydrogen-bond acceptors (Lipinski definition) is 3. The van der Waals surface area contributed by atoms with Crippen molar-refractivity contribution in [3.63, 3.8) is 0 Å². The summed E-state index contributed by atoms with van der Waals surface area (Å²) in [5.41, 5.74) is 0.961. The predicted octanol–water partition coefficient (Wildman–Crippen LogP) is -0.116. The normalized spacial score (nSPS) is 11.9. The molecule has 0 aliphatic rings. The number of aliphatic hydroxyl groups excluding tert-OH is 1. The van der Waals surface area contributed by atoms with Crippen molar-refractivity contribution in [2.24, 2.45) is 0 Å². The van der Waals surface area contributed by atoms with Crippen LogP contribution in [0.4, 0.5) is 0 Å². The lowest BCUT2D eigenvalue weighted by molar-refractivity contribution is -0.00000512. The molecule has 1 aromatic heterocycles. The Hall–Kier alpha value is -0.870. The fraction of sp³-hybridized carbons (Fsp3) is 0.286. The van der Waals surface area contributed by atoms with Gasteiger partial charge in [-0.05, 0) is 24.6 Å². The molecule has 0 fully saturated rings. The summed E-state index contributed by atoms with van der Waals surface area (Å²) in [5.74, 6) is 0. The Balaban J connectivity index is 0.00000162. The van der Waals surface area contributed by atoms with Crippen molar-refractivity contribution in [3.05, 3.63) is 57.8 Å². The highest BCUT2D eigenvalue weighted by molar-refractivity contribution is 7.11. The topological polar surface area (TPSA) is 32.3 Å². The molecule has 1 unspecified atom stereocenters. The van der Waals surface area contributed by atoms with Gasteiger partial charge in [0.15, 0.2) is 0 Å². The third-order valence-electron chi connectivity index (χ3n) is 2.62. The zero-order valence-corrected chi connectivity index (χ0v) is 11.8. The van der Waals surface area contributed by atoms with E-state index < -0.39 is 6.10 Å². The van der Waals surface area contributed by atoms with Crippen LogP contribution in [0.1, 0.15) is 21.4 Å². The van der Waals surface area contributed by atoms with Gasteiger partial charge in [0.1, 0.15) is 0 Å². The highest BCUT2D eigenvalue weighted by Crippen LogP contribution is 2.15. The van der Waals surface area contributed by atoms with E-state index in [2.05, 4.69) is 24.4 Å². The van der Waals surface area contributed by atoms with E-state index in [9.17, 15) is 5.11 Å². The van der Waals surface area contributed by atoms with Crippen molar-refractivity contribution in [1.29, 1.82) is 0 Å². The zero-order valence-electron chi connectivity index (χ0n) is 10.3. The van der Waals surface area contributed by atoms with E-state index >= 15 is 0 Å². The van der Waals surface area contributed by atoms with E-state index in [-0.39, 0.29) is 12.4 Å². The minimum atomic E-state index is -0.433. The van der Waals surface area contributed by atoms with E-state index in [0.717, 1.165) is 12.1 Å². The number of benzene rings is 1. The molecular formula is C14H17ClNOS-. The second-order valence-corrected chi connectivity index (χ2v) is 5.44. The summed E-state index contributed by atoms with van der Waals surface area (Å²) in [6.07, 6.45) is -0.433. The SMILES string of the molecule is Cc1ccc(CNCC(O)c2ccccc2)s1.[Cl-]. The Bertz CT molecular complexity index is 458. The third-order valence-corrected chi connectivity index (χ3v) is 3.62. The molecule has 1 aromatic carbocycles. The van der Waals surface area contributed by atoms with Gasteiger partial charge in [0.05, 0.1) is 6.10 Å². The third kappa shape index (κ3) is 4.42. The maximum atomic E-state index is 9.94. The van der Waals surface area contributed by atoms with Crippen LogP contribution in [0, 0.1) is 6.92 Å². The van der Waals surface area contributed by atoms with Gasteiger partial charge in [-0.15, -0.1) is 11.3 Å². The monoisotopic (exact) mass is 282 g/mol. The van der Waals surface area contributed by atoms with Crippen LogP contribution in [0.25, 0.3) is 0 Å². The highest BCUT2D eigenvalue weighted by atomic mass is 35.5. The number of hydrogen-bond donors (Lipinski definition) is 2. The highest BCUT2D eigenvalue weighted by Gasteiger charge is 2.06. The van der Waals surface area contributed by atoms with Crippen LogP contribution in [0.15, 0.2) is 42.5 Å². The van der Waals surface area contributed by atoms with Gasteiger partial charge in [0.2, 0.25) is 0 Å². The van der Waals surface area contributed by atoms with Crippen LogP contribution >= 0.6 is 11.3 Å². The van der Waals surface area contributed by atoms with Crippen molar-refractivity contribution >= 4 is 11.3 Å². The fourth-order valence-corrected chi connectivity index (χ4v) is 2.57. The number of rotatable bonds is 5. The summed E-state index contributed by atoms with van der Waals surface area (Å²) in [7, 11) is 0. The van der Waals surface area contributed by atoms with Gasteiger partial charge < -0.3 is 22.8 Å². The minimum Gasteiger partial charge on any atom is -1.00 e. The van der Waals surface area contributed by atoms with Crippen LogP contribution < -0.4 is 17.7 Å². The summed E-state index contributed by atoms with van der Waals surface area (Å²) < 4.78 is 0. The summed E-state index contributed by atoms with van der Waals surface area (Å²) in [6, 6.07) is 14.0. The van der Waals surface area contributed by atoms with Crippen molar-refractivity contribution in [2.45, 2.75) is 19.6 Å². The molecule has 0 radical (unpaired) electrons. The molecule has 0 aliphatic heterocycles. The number of nitrogens with one attached hydrogen (secondary N) is 1. The summed E-state index contributed by atoms with van der Waals surface area (Å²) in [5, 5.41) is 13.2. The Morgan fingerprint density at radius 2 is 1.89 bits per heavy atom. The van der Waals surface area contributed by atoms with Crippen molar-refractivity contribution < 1.29 is 17.5 Å². The second-order valence-electron chi connectivity index (χ2n) is 4.07. The van der Waals surface area contributed by atoms with Crippen LogP contribution in [0.5, 0.6) is 0 Å². The molecule has 98 valence electrons. The van der Waals surface area contributed by atoms with E-state index in [1.54, 1.807) is 11.3 Å². The standard InChI is InChI=1S/C14H17NOS.ClH/c1-11-7-8-13(17-11)9-15-10-14(16)12-5-3-2-4-6-12;/h2-8,14-16H,9-10H2,1H3;1H/p-1. The molecule has 18 heavy (non-hydrogen) atoms. The molecule has 0 spiro atoms. The minimum absolute atomic E-state index is 0.